The largest absolute Gasteiger partial charge is 0.293 e. The molecule has 0 aliphatic heterocycles. The van der Waals surface area contributed by atoms with Crippen LogP contribution >= 0.6 is 11.6 Å². The molecule has 0 N–H and O–H groups in total. The fraction of sp³-hybridized carbons (Fsp3) is 0.143. The molecular weight excluding hydrogens is 253 g/mol. The Balaban J connectivity index is 2.34. The van der Waals surface area contributed by atoms with Crippen LogP contribution in [0, 0.1) is 5.82 Å². The van der Waals surface area contributed by atoms with Crippen LogP contribution in [0.5, 0.6) is 0 Å². The Morgan fingerprint density at radius 2 is 1.94 bits per heavy atom. The minimum absolute atomic E-state index is 0.0202. The number of rotatable bonds is 3. The van der Waals surface area contributed by atoms with E-state index in [1.165, 1.54) is 18.2 Å². The van der Waals surface area contributed by atoms with Gasteiger partial charge in [-0.05, 0) is 35.9 Å². The fourth-order valence-electron chi connectivity index (χ4n) is 1.72. The Morgan fingerprint density at radius 1 is 1.28 bits per heavy atom. The molecule has 0 fully saturated rings. The van der Waals surface area contributed by atoms with E-state index in [0.717, 1.165) is 5.56 Å². The second kappa shape index (κ2) is 5.27. The molecule has 1 atom stereocenters. The Morgan fingerprint density at radius 3 is 2.61 bits per heavy atom. The van der Waals surface area contributed by atoms with Crippen LogP contribution in [-0.4, -0.2) is 10.8 Å². The van der Waals surface area contributed by atoms with Crippen LogP contribution in [0.1, 0.15) is 28.8 Å². The van der Waals surface area contributed by atoms with Gasteiger partial charge in [-0.3, -0.25) is 9.78 Å². The molecule has 1 unspecified atom stereocenters. The molecule has 1 aromatic carbocycles. The quantitative estimate of drug-likeness (QED) is 0.787. The molecule has 0 aliphatic rings. The SMILES string of the molecule is CC(C(=O)c1cc(Cl)ccc1F)c1ccncc1. The van der Waals surface area contributed by atoms with Crippen molar-refractivity contribution in [1.29, 1.82) is 0 Å². The molecule has 1 heterocycles. The van der Waals surface area contributed by atoms with Crippen molar-refractivity contribution in [2.75, 3.05) is 0 Å². The third-order valence-corrected chi connectivity index (χ3v) is 3.03. The van der Waals surface area contributed by atoms with Crippen LogP contribution in [0.4, 0.5) is 4.39 Å². The van der Waals surface area contributed by atoms with Crippen molar-refractivity contribution in [2.45, 2.75) is 12.8 Å². The third-order valence-electron chi connectivity index (χ3n) is 2.79. The first-order valence-corrected chi connectivity index (χ1v) is 5.86. The van der Waals surface area contributed by atoms with Gasteiger partial charge in [0.1, 0.15) is 5.82 Å². The van der Waals surface area contributed by atoms with Gasteiger partial charge in [0.25, 0.3) is 0 Å². The first-order valence-electron chi connectivity index (χ1n) is 5.49. The van der Waals surface area contributed by atoms with Crippen LogP contribution in [-0.2, 0) is 0 Å². The molecular formula is C14H11ClFNO. The van der Waals surface area contributed by atoms with Gasteiger partial charge < -0.3 is 0 Å². The molecule has 0 radical (unpaired) electrons. The van der Waals surface area contributed by atoms with E-state index in [2.05, 4.69) is 4.98 Å². The monoisotopic (exact) mass is 263 g/mol. The van der Waals surface area contributed by atoms with E-state index < -0.39 is 11.7 Å². The number of hydrogen-bond donors (Lipinski definition) is 0. The summed E-state index contributed by atoms with van der Waals surface area (Å²) >= 11 is 5.78. The lowest BCUT2D eigenvalue weighted by molar-refractivity contribution is 0.0962. The summed E-state index contributed by atoms with van der Waals surface area (Å²) in [6.07, 6.45) is 3.21. The van der Waals surface area contributed by atoms with Gasteiger partial charge in [-0.15, -0.1) is 0 Å². The molecule has 2 rings (SSSR count). The van der Waals surface area contributed by atoms with E-state index in [9.17, 15) is 9.18 Å². The van der Waals surface area contributed by atoms with Gasteiger partial charge >= 0.3 is 0 Å². The predicted molar refractivity (Wildman–Crippen MR) is 68.4 cm³/mol. The number of benzene rings is 1. The van der Waals surface area contributed by atoms with E-state index >= 15 is 0 Å². The maximum atomic E-state index is 13.6. The van der Waals surface area contributed by atoms with Crippen LogP contribution in [0.2, 0.25) is 5.02 Å². The summed E-state index contributed by atoms with van der Waals surface area (Å²) in [5, 5.41) is 0.349. The Hall–Kier alpha value is -1.74. The number of halogens is 2. The summed E-state index contributed by atoms with van der Waals surface area (Å²) in [6, 6.07) is 7.46. The average Bonchev–Trinajstić information content (AvgIpc) is 2.41. The normalized spacial score (nSPS) is 12.2. The zero-order valence-electron chi connectivity index (χ0n) is 9.73. The van der Waals surface area contributed by atoms with E-state index in [0.29, 0.717) is 5.02 Å². The molecule has 0 amide bonds. The number of ketones is 1. The lowest BCUT2D eigenvalue weighted by Gasteiger charge is -2.11. The minimum Gasteiger partial charge on any atom is -0.293 e. The molecule has 4 heteroatoms. The standard InChI is InChI=1S/C14H11ClFNO/c1-9(10-4-6-17-7-5-10)14(18)12-8-11(15)2-3-13(12)16/h2-9H,1H3. The molecule has 1 aromatic heterocycles. The van der Waals surface area contributed by atoms with E-state index in [-0.39, 0.29) is 11.3 Å². The summed E-state index contributed by atoms with van der Waals surface area (Å²) in [7, 11) is 0. The van der Waals surface area contributed by atoms with E-state index in [4.69, 9.17) is 11.6 Å². The molecule has 0 saturated heterocycles. The van der Waals surface area contributed by atoms with Crippen molar-refractivity contribution in [1.82, 2.24) is 4.98 Å². The number of nitrogens with zero attached hydrogens (tertiary/aromatic N) is 1. The molecule has 0 bridgehead atoms. The fourth-order valence-corrected chi connectivity index (χ4v) is 1.90. The van der Waals surface area contributed by atoms with E-state index in [1.54, 1.807) is 31.5 Å². The van der Waals surface area contributed by atoms with Crippen LogP contribution < -0.4 is 0 Å². The first-order chi connectivity index (χ1) is 8.59. The molecule has 0 aliphatic carbocycles. The van der Waals surface area contributed by atoms with Crippen LogP contribution in [0.3, 0.4) is 0 Å². The van der Waals surface area contributed by atoms with Gasteiger partial charge in [0, 0.05) is 23.3 Å². The second-order valence-corrected chi connectivity index (χ2v) is 4.43. The number of hydrogen-bond acceptors (Lipinski definition) is 2. The maximum absolute atomic E-state index is 13.6. The summed E-state index contributed by atoms with van der Waals surface area (Å²) in [6.45, 7) is 1.73. The lowest BCUT2D eigenvalue weighted by Crippen LogP contribution is -2.11. The number of pyridine rings is 1. The first kappa shape index (κ1) is 12.7. The molecule has 92 valence electrons. The van der Waals surface area contributed by atoms with Gasteiger partial charge in [-0.1, -0.05) is 18.5 Å². The zero-order valence-corrected chi connectivity index (χ0v) is 10.5. The van der Waals surface area contributed by atoms with Crippen molar-refractivity contribution < 1.29 is 9.18 Å². The molecule has 2 aromatic rings. The van der Waals surface area contributed by atoms with Crippen molar-refractivity contribution >= 4 is 17.4 Å². The van der Waals surface area contributed by atoms with Gasteiger partial charge in [-0.25, -0.2) is 4.39 Å². The highest BCUT2D eigenvalue weighted by molar-refractivity contribution is 6.31. The van der Waals surface area contributed by atoms with Gasteiger partial charge in [0.05, 0.1) is 5.56 Å². The Bertz CT molecular complexity index is 571. The smallest absolute Gasteiger partial charge is 0.173 e. The lowest BCUT2D eigenvalue weighted by atomic mass is 9.93. The second-order valence-electron chi connectivity index (χ2n) is 3.99. The summed E-state index contributed by atoms with van der Waals surface area (Å²) in [5.41, 5.74) is 0.821. The number of carbonyl (C=O) groups is 1. The Labute approximate surface area is 109 Å². The highest BCUT2D eigenvalue weighted by Crippen LogP contribution is 2.23. The van der Waals surface area contributed by atoms with Gasteiger partial charge in [0.2, 0.25) is 0 Å². The zero-order chi connectivity index (χ0) is 13.1. The molecule has 2 nitrogen and oxygen atoms in total. The van der Waals surface area contributed by atoms with E-state index in [1.807, 2.05) is 0 Å². The summed E-state index contributed by atoms with van der Waals surface area (Å²) in [5.74, 6) is -1.27. The Kier molecular flexibility index (Phi) is 3.72. The number of carbonyl (C=O) groups excluding carboxylic acids is 1. The van der Waals surface area contributed by atoms with Crippen molar-refractivity contribution in [2.24, 2.45) is 0 Å². The number of Topliss-reactive ketones (excluding diaryl/α,β-unsaturated/α-hetero) is 1. The van der Waals surface area contributed by atoms with Gasteiger partial charge in [0.15, 0.2) is 5.78 Å². The minimum atomic E-state index is -0.551. The van der Waals surface area contributed by atoms with Crippen LogP contribution in [0.25, 0.3) is 0 Å². The topological polar surface area (TPSA) is 30.0 Å². The molecule has 0 saturated carbocycles. The van der Waals surface area contributed by atoms with Crippen molar-refractivity contribution in [3.63, 3.8) is 0 Å². The maximum Gasteiger partial charge on any atom is 0.173 e. The van der Waals surface area contributed by atoms with Gasteiger partial charge in [-0.2, -0.15) is 0 Å². The molecule has 18 heavy (non-hydrogen) atoms. The highest BCUT2D eigenvalue weighted by Gasteiger charge is 2.20. The summed E-state index contributed by atoms with van der Waals surface area (Å²) in [4.78, 5) is 16.1. The van der Waals surface area contributed by atoms with Crippen molar-refractivity contribution in [3.8, 4) is 0 Å². The highest BCUT2D eigenvalue weighted by atomic mass is 35.5. The third kappa shape index (κ3) is 2.57. The molecule has 0 spiro atoms. The average molecular weight is 264 g/mol. The summed E-state index contributed by atoms with van der Waals surface area (Å²) < 4.78 is 13.6. The van der Waals surface area contributed by atoms with Crippen LogP contribution in [0.15, 0.2) is 42.7 Å². The predicted octanol–water partition coefficient (Wildman–Crippen LogP) is 3.86. The number of aromatic nitrogens is 1. The van der Waals surface area contributed by atoms with Crippen molar-refractivity contribution in [3.05, 3.63) is 64.7 Å².